The molecule has 3 rings (SSSR count). The first-order valence-corrected chi connectivity index (χ1v) is 8.67. The van der Waals surface area contributed by atoms with Crippen molar-refractivity contribution in [1.82, 2.24) is 15.1 Å². The summed E-state index contributed by atoms with van der Waals surface area (Å²) < 4.78 is 5.06. The van der Waals surface area contributed by atoms with Gasteiger partial charge in [-0.15, -0.1) is 24.0 Å². The van der Waals surface area contributed by atoms with Gasteiger partial charge in [-0.3, -0.25) is 4.99 Å². The molecular weight excluding hydrogens is 431 g/mol. The Labute approximate surface area is 166 Å². The van der Waals surface area contributed by atoms with Gasteiger partial charge in [0.05, 0.1) is 6.61 Å². The van der Waals surface area contributed by atoms with Gasteiger partial charge in [0.15, 0.2) is 5.96 Å². The maximum Gasteiger partial charge on any atom is 0.409 e. The number of ether oxygens (including phenoxy) is 1. The van der Waals surface area contributed by atoms with Crippen molar-refractivity contribution in [2.24, 2.45) is 4.99 Å². The molecular formula is C18H27IN4O2. The summed E-state index contributed by atoms with van der Waals surface area (Å²) >= 11 is 0. The molecule has 1 aromatic rings. The second-order valence-electron chi connectivity index (χ2n) is 6.22. The molecule has 1 saturated heterocycles. The first-order valence-electron chi connectivity index (χ1n) is 8.67. The first-order chi connectivity index (χ1) is 11.7. The van der Waals surface area contributed by atoms with Crippen molar-refractivity contribution in [2.45, 2.75) is 25.3 Å². The Hall–Kier alpha value is -1.51. The van der Waals surface area contributed by atoms with Crippen LogP contribution < -0.4 is 5.32 Å². The summed E-state index contributed by atoms with van der Waals surface area (Å²) in [5.41, 5.74) is 1.39. The van der Waals surface area contributed by atoms with Gasteiger partial charge in [0.25, 0.3) is 0 Å². The van der Waals surface area contributed by atoms with Crippen molar-refractivity contribution in [1.29, 1.82) is 0 Å². The van der Waals surface area contributed by atoms with Gasteiger partial charge in [-0.25, -0.2) is 4.79 Å². The van der Waals surface area contributed by atoms with Gasteiger partial charge in [-0.1, -0.05) is 30.3 Å². The number of carbonyl (C=O) groups is 1. The number of nitrogens with one attached hydrogen (secondary N) is 1. The van der Waals surface area contributed by atoms with Crippen LogP contribution in [0, 0.1) is 0 Å². The number of piperazine rings is 1. The number of aliphatic imine (C=N–C) groups is 1. The highest BCUT2D eigenvalue weighted by Gasteiger charge is 2.39. The Balaban J connectivity index is 0.00000225. The van der Waals surface area contributed by atoms with Crippen LogP contribution in [0.4, 0.5) is 4.79 Å². The third kappa shape index (κ3) is 4.99. The number of hydrogen-bond donors (Lipinski definition) is 1. The molecule has 1 aliphatic carbocycles. The molecule has 25 heavy (non-hydrogen) atoms. The van der Waals surface area contributed by atoms with Gasteiger partial charge >= 0.3 is 6.09 Å². The number of nitrogens with zero attached hydrogens (tertiary/aromatic N) is 3. The molecule has 1 aliphatic heterocycles. The molecule has 2 fully saturated rings. The highest BCUT2D eigenvalue weighted by Crippen LogP contribution is 2.40. The summed E-state index contributed by atoms with van der Waals surface area (Å²) in [6.07, 6.45) is 0.928. The van der Waals surface area contributed by atoms with Crippen molar-refractivity contribution >= 4 is 36.0 Å². The Morgan fingerprint density at radius 1 is 1.20 bits per heavy atom. The third-order valence-corrected chi connectivity index (χ3v) is 4.65. The SMILES string of the molecule is CCOC(=O)N1CCN(C(=NC)NC2CC2c2ccccc2)CC1.I. The molecule has 1 N–H and O–H groups in total. The molecule has 138 valence electrons. The quantitative estimate of drug-likeness (QED) is 0.430. The van der Waals surface area contributed by atoms with E-state index in [-0.39, 0.29) is 30.1 Å². The van der Waals surface area contributed by atoms with Crippen molar-refractivity contribution < 1.29 is 9.53 Å². The fourth-order valence-electron chi connectivity index (χ4n) is 3.20. The Morgan fingerprint density at radius 3 is 2.44 bits per heavy atom. The summed E-state index contributed by atoms with van der Waals surface area (Å²) in [6, 6.07) is 11.1. The van der Waals surface area contributed by atoms with Crippen LogP contribution >= 0.6 is 24.0 Å². The Bertz CT molecular complexity index is 588. The second kappa shape index (κ2) is 9.26. The third-order valence-electron chi connectivity index (χ3n) is 4.65. The average molecular weight is 458 g/mol. The summed E-state index contributed by atoms with van der Waals surface area (Å²) in [5.74, 6) is 1.51. The number of benzene rings is 1. The molecule has 1 saturated carbocycles. The molecule has 2 atom stereocenters. The van der Waals surface area contributed by atoms with Crippen LogP contribution in [0.2, 0.25) is 0 Å². The lowest BCUT2D eigenvalue weighted by atomic mass is 10.1. The van der Waals surface area contributed by atoms with Crippen LogP contribution in [-0.4, -0.2) is 67.7 Å². The van der Waals surface area contributed by atoms with Crippen LogP contribution in [0.5, 0.6) is 0 Å². The zero-order valence-corrected chi connectivity index (χ0v) is 17.2. The lowest BCUT2D eigenvalue weighted by Crippen LogP contribution is -2.54. The molecule has 0 aromatic heterocycles. The van der Waals surface area contributed by atoms with Crippen LogP contribution in [0.15, 0.2) is 35.3 Å². The van der Waals surface area contributed by atoms with Gasteiger partial charge in [-0.05, 0) is 18.9 Å². The number of rotatable bonds is 3. The Morgan fingerprint density at radius 2 is 1.84 bits per heavy atom. The summed E-state index contributed by atoms with van der Waals surface area (Å²) in [5, 5.41) is 3.57. The van der Waals surface area contributed by atoms with E-state index in [1.54, 1.807) is 4.90 Å². The van der Waals surface area contributed by atoms with Crippen LogP contribution in [0.3, 0.4) is 0 Å². The predicted molar refractivity (Wildman–Crippen MR) is 110 cm³/mol. The molecule has 2 aliphatic rings. The topological polar surface area (TPSA) is 57.2 Å². The van der Waals surface area contributed by atoms with Crippen molar-refractivity contribution in [3.8, 4) is 0 Å². The van der Waals surface area contributed by atoms with E-state index >= 15 is 0 Å². The lowest BCUT2D eigenvalue weighted by Gasteiger charge is -2.36. The predicted octanol–water partition coefficient (Wildman–Crippen LogP) is 2.51. The van der Waals surface area contributed by atoms with Gasteiger partial charge < -0.3 is 19.9 Å². The largest absolute Gasteiger partial charge is 0.450 e. The standard InChI is InChI=1S/C18H26N4O2.HI/c1-3-24-18(23)22-11-9-21(10-12-22)17(19-2)20-16-13-15(16)14-7-5-4-6-8-14;/h4-8,15-16H,3,9-13H2,1-2H3,(H,19,20);1H. The van der Waals surface area contributed by atoms with Crippen molar-refractivity contribution in [3.63, 3.8) is 0 Å². The highest BCUT2D eigenvalue weighted by atomic mass is 127. The summed E-state index contributed by atoms with van der Waals surface area (Å²) in [4.78, 5) is 20.2. The van der Waals surface area contributed by atoms with Crippen molar-refractivity contribution in [3.05, 3.63) is 35.9 Å². The van der Waals surface area contributed by atoms with E-state index in [9.17, 15) is 4.79 Å². The fourth-order valence-corrected chi connectivity index (χ4v) is 3.20. The minimum absolute atomic E-state index is 0. The van der Waals surface area contributed by atoms with E-state index in [0.29, 0.717) is 31.7 Å². The van der Waals surface area contributed by atoms with E-state index in [1.807, 2.05) is 14.0 Å². The van der Waals surface area contributed by atoms with Gasteiger partial charge in [-0.2, -0.15) is 0 Å². The lowest BCUT2D eigenvalue weighted by molar-refractivity contribution is 0.0914. The van der Waals surface area contributed by atoms with Crippen molar-refractivity contribution in [2.75, 3.05) is 39.8 Å². The minimum Gasteiger partial charge on any atom is -0.450 e. The monoisotopic (exact) mass is 458 g/mol. The van der Waals surface area contributed by atoms with Gasteiger partial charge in [0, 0.05) is 45.2 Å². The highest BCUT2D eigenvalue weighted by molar-refractivity contribution is 14.0. The molecule has 1 heterocycles. The van der Waals surface area contributed by atoms with E-state index in [4.69, 9.17) is 4.74 Å². The number of amides is 1. The van der Waals surface area contributed by atoms with Crippen LogP contribution in [-0.2, 0) is 4.74 Å². The van der Waals surface area contributed by atoms with Crippen LogP contribution in [0.1, 0.15) is 24.8 Å². The zero-order chi connectivity index (χ0) is 16.9. The maximum absolute atomic E-state index is 11.8. The smallest absolute Gasteiger partial charge is 0.409 e. The number of guanidine groups is 1. The molecule has 7 heteroatoms. The van der Waals surface area contributed by atoms with E-state index in [1.165, 1.54) is 5.56 Å². The normalized spacial score (nSPS) is 22.9. The molecule has 6 nitrogen and oxygen atoms in total. The number of halogens is 1. The molecule has 1 aromatic carbocycles. The first kappa shape index (κ1) is 19.8. The van der Waals surface area contributed by atoms with Crippen LogP contribution in [0.25, 0.3) is 0 Å². The zero-order valence-electron chi connectivity index (χ0n) is 14.9. The van der Waals surface area contributed by atoms with E-state index in [0.717, 1.165) is 25.5 Å². The molecule has 1 amide bonds. The number of hydrogen-bond acceptors (Lipinski definition) is 3. The molecule has 0 spiro atoms. The molecule has 2 unspecified atom stereocenters. The Kier molecular flexibility index (Phi) is 7.34. The fraction of sp³-hybridized carbons (Fsp3) is 0.556. The second-order valence-corrected chi connectivity index (χ2v) is 6.22. The number of carbonyl (C=O) groups excluding carboxylic acids is 1. The van der Waals surface area contributed by atoms with E-state index in [2.05, 4.69) is 45.5 Å². The summed E-state index contributed by atoms with van der Waals surface area (Å²) in [7, 11) is 1.82. The molecule has 0 radical (unpaired) electrons. The van der Waals surface area contributed by atoms with Gasteiger partial charge in [0.1, 0.15) is 0 Å². The van der Waals surface area contributed by atoms with Gasteiger partial charge in [0.2, 0.25) is 0 Å². The summed E-state index contributed by atoms with van der Waals surface area (Å²) in [6.45, 7) is 5.16. The maximum atomic E-state index is 11.8. The molecule has 0 bridgehead atoms. The van der Waals surface area contributed by atoms with E-state index < -0.39 is 0 Å². The minimum atomic E-state index is -0.216. The average Bonchev–Trinajstić information content (AvgIpc) is 3.40.